The van der Waals surface area contributed by atoms with Crippen LogP contribution < -0.4 is 34.2 Å². The van der Waals surface area contributed by atoms with Gasteiger partial charge in [-0.3, -0.25) is 14.4 Å². The second kappa shape index (κ2) is 17.7. The second-order valence-corrected chi connectivity index (χ2v) is 13.4. The van der Waals surface area contributed by atoms with Crippen molar-refractivity contribution in [1.29, 1.82) is 0 Å². The SMILES string of the molecule is CCOc1cc(Br)c(CC(=O)Oc2ccc(C(=O)C(N)C(C)(C)C)cc2OC(=O)Cc2cc(OCC)c(OCC)cc2Br)cc1OCC. The van der Waals surface area contributed by atoms with Crippen LogP contribution in [0.25, 0.3) is 0 Å². The maximum absolute atomic E-state index is 13.3. The van der Waals surface area contributed by atoms with Gasteiger partial charge in [-0.25, -0.2) is 0 Å². The van der Waals surface area contributed by atoms with Crippen LogP contribution in [0, 0.1) is 5.41 Å². The number of benzene rings is 3. The van der Waals surface area contributed by atoms with Crippen LogP contribution in [0.3, 0.4) is 0 Å². The molecule has 48 heavy (non-hydrogen) atoms. The Labute approximate surface area is 298 Å². The summed E-state index contributed by atoms with van der Waals surface area (Å²) in [5, 5.41) is 0. The Bertz CT molecular complexity index is 1620. The van der Waals surface area contributed by atoms with Crippen molar-refractivity contribution in [1.82, 2.24) is 0 Å². The van der Waals surface area contributed by atoms with Crippen molar-refractivity contribution in [3.05, 3.63) is 68.1 Å². The van der Waals surface area contributed by atoms with E-state index in [-0.39, 0.29) is 35.7 Å². The van der Waals surface area contributed by atoms with Crippen molar-refractivity contribution in [2.45, 2.75) is 67.3 Å². The van der Waals surface area contributed by atoms with Gasteiger partial charge in [0.2, 0.25) is 0 Å². The molecule has 0 radical (unpaired) electrons. The van der Waals surface area contributed by atoms with Crippen LogP contribution in [-0.2, 0) is 22.4 Å². The van der Waals surface area contributed by atoms with E-state index < -0.39 is 23.4 Å². The highest BCUT2D eigenvalue weighted by Gasteiger charge is 2.29. The first-order valence-electron chi connectivity index (χ1n) is 15.7. The number of Topliss-reactive ketones (excluding diaryl/α,β-unsaturated/α-hetero) is 1. The van der Waals surface area contributed by atoms with Gasteiger partial charge in [0.15, 0.2) is 40.3 Å². The lowest BCUT2D eigenvalue weighted by Crippen LogP contribution is -2.42. The number of nitrogens with two attached hydrogens (primary N) is 1. The van der Waals surface area contributed by atoms with Gasteiger partial charge in [0.05, 0.1) is 45.3 Å². The summed E-state index contributed by atoms with van der Waals surface area (Å²) in [6.07, 6.45) is -0.311. The summed E-state index contributed by atoms with van der Waals surface area (Å²) in [6, 6.07) is 10.3. The number of carbonyl (C=O) groups is 3. The first kappa shape index (κ1) is 38.8. The van der Waals surface area contributed by atoms with Crippen LogP contribution in [0.5, 0.6) is 34.5 Å². The van der Waals surface area contributed by atoms with Crippen LogP contribution in [0.15, 0.2) is 51.4 Å². The number of hydrogen-bond acceptors (Lipinski definition) is 10. The number of rotatable bonds is 16. The van der Waals surface area contributed by atoms with E-state index in [1.165, 1.54) is 18.2 Å². The predicted octanol–water partition coefficient (Wildman–Crippen LogP) is 7.66. The van der Waals surface area contributed by atoms with Crippen LogP contribution in [0.4, 0.5) is 0 Å². The van der Waals surface area contributed by atoms with E-state index >= 15 is 0 Å². The molecule has 2 N–H and O–H groups in total. The van der Waals surface area contributed by atoms with Crippen molar-refractivity contribution < 1.29 is 42.8 Å². The number of hydrogen-bond donors (Lipinski definition) is 1. The molecule has 0 aliphatic carbocycles. The fraction of sp³-hybridized carbons (Fsp3) is 0.417. The van der Waals surface area contributed by atoms with Gasteiger partial charge in [-0.2, -0.15) is 0 Å². The Morgan fingerprint density at radius 1 is 0.625 bits per heavy atom. The zero-order valence-corrected chi connectivity index (χ0v) is 31.5. The van der Waals surface area contributed by atoms with Crippen molar-refractivity contribution in [3.63, 3.8) is 0 Å². The Hall–Kier alpha value is -3.61. The number of halogens is 2. The monoisotopic (exact) mass is 791 g/mol. The van der Waals surface area contributed by atoms with Gasteiger partial charge in [-0.15, -0.1) is 0 Å². The quantitative estimate of drug-likeness (QED) is 0.0876. The number of ether oxygens (including phenoxy) is 6. The molecule has 0 aliphatic rings. The molecule has 1 atom stereocenters. The highest BCUT2D eigenvalue weighted by molar-refractivity contribution is 9.10. The largest absolute Gasteiger partial charge is 0.490 e. The Morgan fingerprint density at radius 2 is 1.02 bits per heavy atom. The number of ketones is 1. The molecule has 0 aliphatic heterocycles. The number of carbonyl (C=O) groups excluding carboxylic acids is 3. The molecular formula is C36H43Br2NO9. The molecule has 0 saturated carbocycles. The molecule has 10 nitrogen and oxygen atoms in total. The fourth-order valence-electron chi connectivity index (χ4n) is 4.53. The van der Waals surface area contributed by atoms with E-state index in [4.69, 9.17) is 34.2 Å². The van der Waals surface area contributed by atoms with Crippen LogP contribution in [-0.4, -0.2) is 50.2 Å². The molecule has 0 bridgehead atoms. The average molecular weight is 794 g/mol. The Morgan fingerprint density at radius 3 is 1.42 bits per heavy atom. The van der Waals surface area contributed by atoms with Gasteiger partial charge in [-0.1, -0.05) is 52.6 Å². The third kappa shape index (κ3) is 10.4. The topological polar surface area (TPSA) is 133 Å². The maximum Gasteiger partial charge on any atom is 0.315 e. The molecule has 3 aromatic carbocycles. The van der Waals surface area contributed by atoms with Crippen molar-refractivity contribution in [2.24, 2.45) is 11.1 Å². The molecule has 0 fully saturated rings. The van der Waals surface area contributed by atoms with E-state index in [9.17, 15) is 14.4 Å². The van der Waals surface area contributed by atoms with E-state index in [0.717, 1.165) is 0 Å². The van der Waals surface area contributed by atoms with Gasteiger partial charge >= 0.3 is 11.9 Å². The van der Waals surface area contributed by atoms with E-state index in [1.54, 1.807) is 24.3 Å². The van der Waals surface area contributed by atoms with Crippen molar-refractivity contribution in [2.75, 3.05) is 26.4 Å². The predicted molar refractivity (Wildman–Crippen MR) is 190 cm³/mol. The first-order valence-corrected chi connectivity index (χ1v) is 17.3. The first-order chi connectivity index (χ1) is 22.7. The normalized spacial score (nSPS) is 11.8. The summed E-state index contributed by atoms with van der Waals surface area (Å²) in [6.45, 7) is 14.7. The smallest absolute Gasteiger partial charge is 0.315 e. The van der Waals surface area contributed by atoms with Gasteiger partial charge in [0, 0.05) is 14.5 Å². The van der Waals surface area contributed by atoms with E-state index in [0.29, 0.717) is 69.5 Å². The molecule has 12 heteroatoms. The molecule has 1 unspecified atom stereocenters. The van der Waals surface area contributed by atoms with Crippen LogP contribution >= 0.6 is 31.9 Å². The molecule has 0 heterocycles. The molecule has 0 amide bonds. The van der Waals surface area contributed by atoms with E-state index in [1.807, 2.05) is 48.5 Å². The minimum absolute atomic E-state index is 0.0397. The molecule has 260 valence electrons. The van der Waals surface area contributed by atoms with Gasteiger partial charge in [0.1, 0.15) is 0 Å². The van der Waals surface area contributed by atoms with Gasteiger partial charge < -0.3 is 34.2 Å². The average Bonchev–Trinajstić information content (AvgIpc) is 3.01. The van der Waals surface area contributed by atoms with Gasteiger partial charge in [-0.05, 0) is 86.7 Å². The minimum Gasteiger partial charge on any atom is -0.490 e. The van der Waals surface area contributed by atoms with Crippen LogP contribution in [0.2, 0.25) is 0 Å². The van der Waals surface area contributed by atoms with Crippen LogP contribution in [0.1, 0.15) is 70.0 Å². The minimum atomic E-state index is -0.831. The Balaban J connectivity index is 1.94. The molecular weight excluding hydrogens is 750 g/mol. The summed E-state index contributed by atoms with van der Waals surface area (Å²) >= 11 is 7.00. The third-order valence-electron chi connectivity index (χ3n) is 6.99. The summed E-state index contributed by atoms with van der Waals surface area (Å²) < 4.78 is 35.5. The third-order valence-corrected chi connectivity index (χ3v) is 8.46. The standard InChI is InChI=1S/C36H43Br2NO9/c1-8-43-27-15-22(24(37)19-29(27)45-10-3)17-32(40)47-26-13-12-21(34(42)35(39)36(5,6)7)14-31(26)48-33(41)18-23-16-28(44-9-2)30(46-11-4)20-25(23)38/h12-16,19-20,35H,8-11,17-18,39H2,1-7H3. The number of esters is 2. The zero-order chi connectivity index (χ0) is 35.6. The summed E-state index contributed by atoms with van der Waals surface area (Å²) in [5.41, 5.74) is 7.11. The highest BCUT2D eigenvalue weighted by Crippen LogP contribution is 2.37. The zero-order valence-electron chi connectivity index (χ0n) is 28.4. The highest BCUT2D eigenvalue weighted by atomic mass is 79.9. The maximum atomic E-state index is 13.3. The molecule has 0 spiro atoms. The summed E-state index contributed by atoms with van der Waals surface area (Å²) in [5.74, 6) is 0.249. The lowest BCUT2D eigenvalue weighted by Gasteiger charge is -2.25. The summed E-state index contributed by atoms with van der Waals surface area (Å²) in [7, 11) is 0. The second-order valence-electron chi connectivity index (χ2n) is 11.7. The summed E-state index contributed by atoms with van der Waals surface area (Å²) in [4.78, 5) is 39.9. The lowest BCUT2D eigenvalue weighted by atomic mass is 9.83. The lowest BCUT2D eigenvalue weighted by molar-refractivity contribution is -0.136. The fourth-order valence-corrected chi connectivity index (χ4v) is 5.45. The van der Waals surface area contributed by atoms with E-state index in [2.05, 4.69) is 31.9 Å². The molecule has 0 saturated heterocycles. The molecule has 3 rings (SSSR count). The molecule has 3 aromatic rings. The van der Waals surface area contributed by atoms with Crippen molar-refractivity contribution >= 4 is 49.6 Å². The molecule has 0 aromatic heterocycles. The van der Waals surface area contributed by atoms with Gasteiger partial charge in [0.25, 0.3) is 0 Å². The van der Waals surface area contributed by atoms with Crippen molar-refractivity contribution in [3.8, 4) is 34.5 Å². The Kier molecular flexibility index (Phi) is 14.3.